The number of amides is 1. The molecular formula is C34H37F5N2O5. The number of halogens is 5. The van der Waals surface area contributed by atoms with Gasteiger partial charge in [-0.1, -0.05) is 13.8 Å². The first kappa shape index (κ1) is 34.8. The number of nitrogens with zero attached hydrogens (tertiary/aromatic N) is 1. The minimum atomic E-state index is -4.80. The molecule has 2 N–H and O–H groups in total. The van der Waals surface area contributed by atoms with Crippen LogP contribution in [-0.4, -0.2) is 34.8 Å². The first-order chi connectivity index (χ1) is 21.5. The number of nitrogens with one attached hydrogen (secondary N) is 1. The average molecular weight is 649 g/mol. The number of ether oxygens (including phenoxy) is 1. The molecule has 1 aliphatic rings. The van der Waals surface area contributed by atoms with Crippen molar-refractivity contribution in [3.63, 3.8) is 0 Å². The fourth-order valence-corrected chi connectivity index (χ4v) is 6.01. The van der Waals surface area contributed by atoms with Crippen molar-refractivity contribution in [1.82, 2.24) is 9.88 Å². The third kappa shape index (κ3) is 7.83. The molecule has 2 atom stereocenters. The van der Waals surface area contributed by atoms with Gasteiger partial charge in [-0.3, -0.25) is 14.4 Å². The van der Waals surface area contributed by atoms with E-state index in [1.807, 2.05) is 0 Å². The Labute approximate surface area is 263 Å². The summed E-state index contributed by atoms with van der Waals surface area (Å²) in [6.45, 7) is 8.91. The molecule has 0 spiro atoms. The Bertz CT molecular complexity index is 1670. The Hall–Kier alpha value is -4.06. The number of carboxylic acids is 1. The van der Waals surface area contributed by atoms with Crippen LogP contribution in [-0.2, 0) is 26.9 Å². The van der Waals surface area contributed by atoms with Gasteiger partial charge in [-0.25, -0.2) is 8.78 Å². The van der Waals surface area contributed by atoms with E-state index in [2.05, 4.69) is 5.32 Å². The molecule has 4 rings (SSSR count). The fourth-order valence-electron chi connectivity index (χ4n) is 6.01. The lowest BCUT2D eigenvalue weighted by atomic mass is 9.90. The van der Waals surface area contributed by atoms with Crippen molar-refractivity contribution < 1.29 is 41.4 Å². The van der Waals surface area contributed by atoms with Crippen LogP contribution >= 0.6 is 0 Å². The van der Waals surface area contributed by atoms with E-state index in [4.69, 9.17) is 4.74 Å². The standard InChI is InChI=1S/C34H37F5N2O5/c1-17(2)6-28(41-14-23(10-21-15-46-16-21)26(12-29(41)42)34(37,38)39)33(45)40-27(13-30(43)44)25-11-22(7-20(5)32(25)36)31-18(3)8-24(35)9-19(31)4/h7-9,11-12,14,17,21,27-28H,6,10,13,15-16H2,1-5H3,(H,40,45)(H,43,44). The average Bonchev–Trinajstić information content (AvgIpc) is 2.90. The van der Waals surface area contributed by atoms with E-state index in [9.17, 15) is 37.1 Å². The smallest absolute Gasteiger partial charge is 0.416 e. The van der Waals surface area contributed by atoms with Crippen LogP contribution in [0.1, 0.15) is 72.2 Å². The molecule has 1 aliphatic heterocycles. The predicted molar refractivity (Wildman–Crippen MR) is 161 cm³/mol. The zero-order valence-corrected chi connectivity index (χ0v) is 26.2. The summed E-state index contributed by atoms with van der Waals surface area (Å²) < 4.78 is 77.5. The van der Waals surface area contributed by atoms with Crippen LogP contribution in [0.4, 0.5) is 22.0 Å². The molecule has 0 saturated carbocycles. The highest BCUT2D eigenvalue weighted by Gasteiger charge is 2.37. The molecule has 2 heterocycles. The molecule has 3 aromatic rings. The van der Waals surface area contributed by atoms with Crippen LogP contribution < -0.4 is 10.9 Å². The Morgan fingerprint density at radius 3 is 2.17 bits per heavy atom. The Kier molecular flexibility index (Phi) is 10.4. The molecular weight excluding hydrogens is 611 g/mol. The normalized spacial score (nSPS) is 15.0. The van der Waals surface area contributed by atoms with Gasteiger partial charge in [0.2, 0.25) is 5.91 Å². The molecule has 0 bridgehead atoms. The molecule has 1 fully saturated rings. The van der Waals surface area contributed by atoms with Crippen LogP contribution in [0.5, 0.6) is 0 Å². The topological polar surface area (TPSA) is 97.6 Å². The maximum absolute atomic E-state index is 15.7. The largest absolute Gasteiger partial charge is 0.481 e. The number of aromatic nitrogens is 1. The summed E-state index contributed by atoms with van der Waals surface area (Å²) in [4.78, 5) is 39.0. The monoisotopic (exact) mass is 648 g/mol. The van der Waals surface area contributed by atoms with Crippen molar-refractivity contribution in [3.05, 3.63) is 91.9 Å². The number of aryl methyl sites for hydroxylation is 3. The highest BCUT2D eigenvalue weighted by Crippen LogP contribution is 2.36. The van der Waals surface area contributed by atoms with Gasteiger partial charge >= 0.3 is 12.1 Å². The maximum Gasteiger partial charge on any atom is 0.416 e. The lowest BCUT2D eigenvalue weighted by Gasteiger charge is -2.29. The van der Waals surface area contributed by atoms with E-state index in [0.29, 0.717) is 28.3 Å². The van der Waals surface area contributed by atoms with Crippen molar-refractivity contribution in [2.24, 2.45) is 11.8 Å². The zero-order valence-electron chi connectivity index (χ0n) is 26.2. The Balaban J connectivity index is 1.79. The van der Waals surface area contributed by atoms with Crippen LogP contribution in [0.15, 0.2) is 41.3 Å². The second-order valence-corrected chi connectivity index (χ2v) is 12.5. The molecule has 46 heavy (non-hydrogen) atoms. The van der Waals surface area contributed by atoms with Gasteiger partial charge in [-0.2, -0.15) is 13.2 Å². The SMILES string of the molecule is Cc1cc(-c2c(C)cc(F)cc2C)cc(C(CC(=O)O)NC(=O)C(CC(C)C)n2cc(CC3COC3)c(C(F)(F)F)cc2=O)c1F. The summed E-state index contributed by atoms with van der Waals surface area (Å²) in [5.74, 6) is -3.80. The van der Waals surface area contributed by atoms with Gasteiger partial charge in [-0.15, -0.1) is 0 Å². The molecule has 248 valence electrons. The number of carboxylic acid groups (broad SMARTS) is 1. The Morgan fingerprint density at radius 2 is 1.65 bits per heavy atom. The molecule has 1 amide bonds. The van der Waals surface area contributed by atoms with E-state index < -0.39 is 59.3 Å². The molecule has 0 aliphatic carbocycles. The second kappa shape index (κ2) is 13.7. The highest BCUT2D eigenvalue weighted by molar-refractivity contribution is 5.82. The lowest BCUT2D eigenvalue weighted by Crippen LogP contribution is -2.41. The second-order valence-electron chi connectivity index (χ2n) is 12.5. The Morgan fingerprint density at radius 1 is 1.02 bits per heavy atom. The molecule has 12 heteroatoms. The quantitative estimate of drug-likeness (QED) is 0.222. The molecule has 7 nitrogen and oxygen atoms in total. The number of aliphatic carboxylic acids is 1. The van der Waals surface area contributed by atoms with Gasteiger partial charge in [0.15, 0.2) is 0 Å². The van der Waals surface area contributed by atoms with E-state index in [1.165, 1.54) is 25.1 Å². The summed E-state index contributed by atoms with van der Waals surface area (Å²) in [5, 5.41) is 12.3. The summed E-state index contributed by atoms with van der Waals surface area (Å²) in [6.07, 6.45) is -4.48. The van der Waals surface area contributed by atoms with Crippen molar-refractivity contribution >= 4 is 11.9 Å². The zero-order chi connectivity index (χ0) is 34.1. The van der Waals surface area contributed by atoms with E-state index in [0.717, 1.165) is 10.8 Å². The third-order valence-corrected chi connectivity index (χ3v) is 8.16. The molecule has 1 saturated heterocycles. The first-order valence-corrected chi connectivity index (χ1v) is 15.0. The minimum absolute atomic E-state index is 0.0215. The summed E-state index contributed by atoms with van der Waals surface area (Å²) in [7, 11) is 0. The third-order valence-electron chi connectivity index (χ3n) is 8.16. The van der Waals surface area contributed by atoms with Gasteiger partial charge in [0, 0.05) is 23.7 Å². The van der Waals surface area contributed by atoms with Crippen molar-refractivity contribution in [2.45, 2.75) is 72.1 Å². The predicted octanol–water partition coefficient (Wildman–Crippen LogP) is 6.85. The van der Waals surface area contributed by atoms with Crippen LogP contribution in [0.3, 0.4) is 0 Å². The molecule has 2 unspecified atom stereocenters. The van der Waals surface area contributed by atoms with Gasteiger partial charge in [-0.05, 0) is 97.2 Å². The number of hydrogen-bond donors (Lipinski definition) is 2. The van der Waals surface area contributed by atoms with Gasteiger partial charge in [0.05, 0.1) is 31.2 Å². The van der Waals surface area contributed by atoms with Crippen LogP contribution in [0.2, 0.25) is 0 Å². The number of rotatable bonds is 11. The lowest BCUT2D eigenvalue weighted by molar-refractivity contribution is -0.139. The van der Waals surface area contributed by atoms with E-state index >= 15 is 4.39 Å². The summed E-state index contributed by atoms with van der Waals surface area (Å²) in [5.41, 5.74) is -0.0573. The molecule has 2 aromatic carbocycles. The van der Waals surface area contributed by atoms with Gasteiger partial charge in [0.1, 0.15) is 17.7 Å². The van der Waals surface area contributed by atoms with Crippen molar-refractivity contribution in [1.29, 1.82) is 0 Å². The highest BCUT2D eigenvalue weighted by atomic mass is 19.4. The first-order valence-electron chi connectivity index (χ1n) is 15.0. The number of pyridine rings is 1. The number of carbonyl (C=O) groups excluding carboxylic acids is 1. The summed E-state index contributed by atoms with van der Waals surface area (Å²) >= 11 is 0. The number of alkyl halides is 3. The van der Waals surface area contributed by atoms with Gasteiger partial charge < -0.3 is 19.7 Å². The molecule has 1 aromatic heterocycles. The van der Waals surface area contributed by atoms with Crippen molar-refractivity contribution in [3.8, 4) is 11.1 Å². The number of carbonyl (C=O) groups is 2. The maximum atomic E-state index is 15.7. The molecule has 0 radical (unpaired) electrons. The van der Waals surface area contributed by atoms with E-state index in [-0.39, 0.29) is 54.6 Å². The van der Waals surface area contributed by atoms with Gasteiger partial charge in [0.25, 0.3) is 5.56 Å². The number of hydrogen-bond acceptors (Lipinski definition) is 4. The van der Waals surface area contributed by atoms with Crippen LogP contribution in [0, 0.1) is 44.2 Å². The fraction of sp³-hybridized carbons (Fsp3) is 0.441. The number of benzene rings is 2. The van der Waals surface area contributed by atoms with E-state index in [1.54, 1.807) is 33.8 Å². The van der Waals surface area contributed by atoms with Crippen LogP contribution in [0.25, 0.3) is 11.1 Å². The van der Waals surface area contributed by atoms with Crippen molar-refractivity contribution in [2.75, 3.05) is 13.2 Å². The summed E-state index contributed by atoms with van der Waals surface area (Å²) in [6, 6.07) is 3.34. The minimum Gasteiger partial charge on any atom is -0.481 e.